The van der Waals surface area contributed by atoms with E-state index >= 15 is 0 Å². The summed E-state index contributed by atoms with van der Waals surface area (Å²) in [4.78, 5) is 37.5. The number of nitrogens with zero attached hydrogens (tertiary/aromatic N) is 1. The second-order valence-corrected chi connectivity index (χ2v) is 17.4. The van der Waals surface area contributed by atoms with Crippen LogP contribution in [0.5, 0.6) is 0 Å². The summed E-state index contributed by atoms with van der Waals surface area (Å²) in [5.41, 5.74) is 0. The number of hydrogen-bond acceptors (Lipinski definition) is 8. The van der Waals surface area contributed by atoms with E-state index in [0.29, 0.717) is 23.9 Å². The minimum absolute atomic E-state index is 0.0359. The highest BCUT2D eigenvalue weighted by atomic mass is 31.2. The van der Waals surface area contributed by atoms with Gasteiger partial charge in [-0.05, 0) is 70.6 Å². The number of likely N-dealkylation sites (N-methyl/N-ethyl adjacent to an activating group) is 1. The Morgan fingerprint density at radius 3 is 1.54 bits per heavy atom. The van der Waals surface area contributed by atoms with Gasteiger partial charge in [0.05, 0.1) is 27.7 Å². The monoisotopic (exact) mass is 810 g/mol. The van der Waals surface area contributed by atoms with Gasteiger partial charge in [0, 0.05) is 12.8 Å². The molecule has 9 nitrogen and oxygen atoms in total. The molecule has 56 heavy (non-hydrogen) atoms. The molecule has 0 saturated carbocycles. The van der Waals surface area contributed by atoms with Crippen LogP contribution in [0.3, 0.4) is 0 Å². The Morgan fingerprint density at radius 1 is 0.571 bits per heavy atom. The minimum atomic E-state index is -4.63. The first kappa shape index (κ1) is 54.0. The van der Waals surface area contributed by atoms with Crippen LogP contribution >= 0.6 is 7.82 Å². The zero-order valence-corrected chi connectivity index (χ0v) is 37.5. The molecule has 0 amide bonds. The van der Waals surface area contributed by atoms with Crippen molar-refractivity contribution in [1.29, 1.82) is 0 Å². The van der Waals surface area contributed by atoms with Gasteiger partial charge >= 0.3 is 11.9 Å². The van der Waals surface area contributed by atoms with Gasteiger partial charge in [-0.25, -0.2) is 0 Å². The van der Waals surface area contributed by atoms with Gasteiger partial charge in [0.2, 0.25) is 0 Å². The number of hydrogen-bond donors (Lipinski definition) is 0. The van der Waals surface area contributed by atoms with Gasteiger partial charge in [0.25, 0.3) is 7.82 Å². The number of quaternary nitrogens is 1. The highest BCUT2D eigenvalue weighted by Gasteiger charge is 2.21. The number of phosphoric acid groups is 1. The largest absolute Gasteiger partial charge is 0.756 e. The van der Waals surface area contributed by atoms with Gasteiger partial charge in [-0.3, -0.25) is 14.2 Å². The Balaban J connectivity index is 4.38. The summed E-state index contributed by atoms with van der Waals surface area (Å²) < 4.78 is 33.9. The van der Waals surface area contributed by atoms with E-state index in [1.54, 1.807) is 0 Å². The molecule has 0 radical (unpaired) electrons. The van der Waals surface area contributed by atoms with Gasteiger partial charge in [0.1, 0.15) is 19.8 Å². The van der Waals surface area contributed by atoms with E-state index in [2.05, 4.69) is 62.5 Å². The molecule has 0 bridgehead atoms. The maximum absolute atomic E-state index is 12.7. The molecule has 0 aliphatic carbocycles. The van der Waals surface area contributed by atoms with Crippen molar-refractivity contribution in [2.45, 2.75) is 187 Å². The van der Waals surface area contributed by atoms with Gasteiger partial charge in [-0.2, -0.15) is 0 Å². The zero-order valence-electron chi connectivity index (χ0n) is 36.6. The maximum Gasteiger partial charge on any atom is 0.306 e. The second-order valence-electron chi connectivity index (χ2n) is 16.0. The molecule has 0 aromatic rings. The number of allylic oxidation sites excluding steroid dienone is 8. The molecule has 10 heteroatoms. The van der Waals surface area contributed by atoms with Crippen molar-refractivity contribution in [2.24, 2.45) is 0 Å². The van der Waals surface area contributed by atoms with Crippen molar-refractivity contribution in [1.82, 2.24) is 0 Å². The molecular formula is C46H84NO8P. The van der Waals surface area contributed by atoms with Crippen LogP contribution < -0.4 is 4.89 Å². The molecule has 2 atom stereocenters. The van der Waals surface area contributed by atoms with Crippen molar-refractivity contribution >= 4 is 19.8 Å². The average Bonchev–Trinajstić information content (AvgIpc) is 3.15. The summed E-state index contributed by atoms with van der Waals surface area (Å²) in [7, 11) is 1.15. The smallest absolute Gasteiger partial charge is 0.306 e. The molecule has 0 aliphatic rings. The molecule has 0 N–H and O–H groups in total. The summed E-state index contributed by atoms with van der Waals surface area (Å²) >= 11 is 0. The van der Waals surface area contributed by atoms with Crippen molar-refractivity contribution in [3.8, 4) is 0 Å². The molecule has 0 heterocycles. The number of ether oxygens (including phenoxy) is 2. The summed E-state index contributed by atoms with van der Waals surface area (Å²) in [6.07, 6.45) is 44.2. The third-order valence-corrected chi connectivity index (χ3v) is 10.3. The molecule has 0 aromatic carbocycles. The molecule has 0 aromatic heterocycles. The van der Waals surface area contributed by atoms with Gasteiger partial charge in [-0.1, -0.05) is 146 Å². The lowest BCUT2D eigenvalue weighted by Gasteiger charge is -2.28. The average molecular weight is 810 g/mol. The third-order valence-electron chi connectivity index (χ3n) is 9.33. The predicted molar refractivity (Wildman–Crippen MR) is 231 cm³/mol. The molecular weight excluding hydrogens is 725 g/mol. The fourth-order valence-electron chi connectivity index (χ4n) is 5.84. The van der Waals surface area contributed by atoms with Crippen LogP contribution in [0, 0.1) is 0 Å². The van der Waals surface area contributed by atoms with E-state index in [1.807, 2.05) is 21.1 Å². The lowest BCUT2D eigenvalue weighted by molar-refractivity contribution is -0.870. The van der Waals surface area contributed by atoms with Gasteiger partial charge < -0.3 is 27.9 Å². The number of carbonyl (C=O) groups excluding carboxylic acids is 2. The molecule has 0 spiro atoms. The number of phosphoric ester groups is 1. The normalized spacial score (nSPS) is 14.0. The van der Waals surface area contributed by atoms with Crippen LogP contribution in [0.2, 0.25) is 0 Å². The van der Waals surface area contributed by atoms with E-state index < -0.39 is 32.5 Å². The highest BCUT2D eigenvalue weighted by Crippen LogP contribution is 2.38. The van der Waals surface area contributed by atoms with Crippen molar-refractivity contribution < 1.29 is 42.1 Å². The Hall–Kier alpha value is -2.03. The van der Waals surface area contributed by atoms with Gasteiger partial charge in [0.15, 0.2) is 6.10 Å². The fourth-order valence-corrected chi connectivity index (χ4v) is 6.57. The van der Waals surface area contributed by atoms with E-state index in [1.165, 1.54) is 64.2 Å². The van der Waals surface area contributed by atoms with Crippen LogP contribution in [0.15, 0.2) is 48.6 Å². The van der Waals surface area contributed by atoms with E-state index in [-0.39, 0.29) is 26.1 Å². The number of carbonyl (C=O) groups is 2. The topological polar surface area (TPSA) is 111 Å². The minimum Gasteiger partial charge on any atom is -0.756 e. The quantitative estimate of drug-likeness (QED) is 0.0198. The summed E-state index contributed by atoms with van der Waals surface area (Å²) in [5.74, 6) is -0.860. The number of rotatable bonds is 40. The summed E-state index contributed by atoms with van der Waals surface area (Å²) in [5, 5.41) is 0. The van der Waals surface area contributed by atoms with Crippen LogP contribution in [0.1, 0.15) is 181 Å². The van der Waals surface area contributed by atoms with Crippen LogP contribution in [0.4, 0.5) is 0 Å². The van der Waals surface area contributed by atoms with Crippen molar-refractivity contribution in [3.05, 3.63) is 48.6 Å². The lowest BCUT2D eigenvalue weighted by Crippen LogP contribution is -2.37. The molecule has 0 fully saturated rings. The maximum atomic E-state index is 12.7. The molecule has 0 rings (SSSR count). The van der Waals surface area contributed by atoms with Crippen LogP contribution in [-0.2, 0) is 32.7 Å². The summed E-state index contributed by atoms with van der Waals surface area (Å²) in [6, 6.07) is 0. The first-order valence-corrected chi connectivity index (χ1v) is 23.8. The SMILES string of the molecule is CC/C=C\C/C=C\C/C=C\CCCCCCCC(=O)OC[C@H](COP(=O)([O-])OCC[N+](C)(C)C)OC(=O)CCCCCCCCC/C=C\CCCCCCCC. The first-order valence-electron chi connectivity index (χ1n) is 22.3. The summed E-state index contributed by atoms with van der Waals surface area (Å²) in [6.45, 7) is 4.08. The number of esters is 2. The van der Waals surface area contributed by atoms with Gasteiger partial charge in [-0.15, -0.1) is 0 Å². The first-order chi connectivity index (χ1) is 27.0. The predicted octanol–water partition coefficient (Wildman–Crippen LogP) is 12.1. The van der Waals surface area contributed by atoms with Crippen LogP contribution in [-0.4, -0.2) is 70.0 Å². The van der Waals surface area contributed by atoms with E-state index in [9.17, 15) is 19.0 Å². The lowest BCUT2D eigenvalue weighted by atomic mass is 10.1. The Kier molecular flexibility index (Phi) is 37.1. The van der Waals surface area contributed by atoms with Crippen molar-refractivity contribution in [2.75, 3.05) is 47.5 Å². The fraction of sp³-hybridized carbons (Fsp3) is 0.783. The molecule has 326 valence electrons. The Labute approximate surface area is 343 Å². The highest BCUT2D eigenvalue weighted by molar-refractivity contribution is 7.45. The van der Waals surface area contributed by atoms with E-state index in [4.69, 9.17) is 18.5 Å². The van der Waals surface area contributed by atoms with Crippen LogP contribution in [0.25, 0.3) is 0 Å². The standard InChI is InChI=1S/C46H84NO8P/c1-6-8-10-12-14-16-18-20-22-23-25-27-29-31-33-35-37-39-46(49)55-44(43-54-56(50,51)53-41-40-47(3,4)5)42-52-45(48)38-36-34-32-30-28-26-24-21-19-17-15-13-11-9-7-2/h9,11,15,17,20-22,24,44H,6-8,10,12-14,16,18-19,23,25-43H2,1-5H3/b11-9-,17-15-,22-20-,24-21-/t44-/m1/s1. The second kappa shape index (κ2) is 38.5. The molecule has 0 saturated heterocycles. The zero-order chi connectivity index (χ0) is 41.4. The third kappa shape index (κ3) is 41.6. The van der Waals surface area contributed by atoms with Crippen molar-refractivity contribution in [3.63, 3.8) is 0 Å². The number of unbranched alkanes of at least 4 members (excludes halogenated alkanes) is 18. The molecule has 0 aliphatic heterocycles. The van der Waals surface area contributed by atoms with E-state index in [0.717, 1.165) is 77.0 Å². The molecule has 1 unspecified atom stereocenters. The Bertz CT molecular complexity index is 1100. The Morgan fingerprint density at radius 2 is 1.02 bits per heavy atom.